The van der Waals surface area contributed by atoms with Crippen molar-refractivity contribution in [3.05, 3.63) is 201 Å². The van der Waals surface area contributed by atoms with Crippen LogP contribution in [-0.4, -0.2) is 99.9 Å². The predicted molar refractivity (Wildman–Crippen MR) is 329 cm³/mol. The van der Waals surface area contributed by atoms with Crippen molar-refractivity contribution in [1.29, 1.82) is 0 Å². The van der Waals surface area contributed by atoms with E-state index in [4.69, 9.17) is 34.0 Å². The van der Waals surface area contributed by atoms with Crippen molar-refractivity contribution in [1.82, 2.24) is 20.2 Å². The zero-order valence-corrected chi connectivity index (χ0v) is 47.9. The number of nitrogen functional groups attached to an aromatic ring is 1. The van der Waals surface area contributed by atoms with Gasteiger partial charge in [0.2, 0.25) is 20.0 Å². The summed E-state index contributed by atoms with van der Waals surface area (Å²) in [7, 11) is -6.66. The summed E-state index contributed by atoms with van der Waals surface area (Å²) < 4.78 is 50.7. The van der Waals surface area contributed by atoms with Crippen molar-refractivity contribution in [2.24, 2.45) is 0 Å². The van der Waals surface area contributed by atoms with E-state index < -0.39 is 20.0 Å². The van der Waals surface area contributed by atoms with Gasteiger partial charge in [-0.1, -0.05) is 199 Å². The summed E-state index contributed by atoms with van der Waals surface area (Å²) in [4.78, 5) is 23.6. The van der Waals surface area contributed by atoms with Gasteiger partial charge in [0.05, 0.1) is 12.5 Å². The van der Waals surface area contributed by atoms with E-state index in [2.05, 4.69) is 115 Å². The zero-order chi connectivity index (χ0) is 55.9. The van der Waals surface area contributed by atoms with E-state index in [1.54, 1.807) is 53.4 Å². The van der Waals surface area contributed by atoms with Crippen LogP contribution in [0.2, 0.25) is 8.67 Å². The van der Waals surface area contributed by atoms with Crippen LogP contribution in [-0.2, 0) is 20.0 Å². The maximum atomic E-state index is 13.3. The Bertz CT molecular complexity index is 3210. The van der Waals surface area contributed by atoms with Crippen molar-refractivity contribution in [3.8, 4) is 22.5 Å². The van der Waals surface area contributed by atoms with Crippen molar-refractivity contribution >= 4 is 93.6 Å². The van der Waals surface area contributed by atoms with Gasteiger partial charge in [0, 0.05) is 60.6 Å². The number of anilines is 4. The highest BCUT2D eigenvalue weighted by molar-refractivity contribution is 7.92. The molecule has 2 amide bonds. The minimum absolute atomic E-state index is 0. The van der Waals surface area contributed by atoms with Gasteiger partial charge in [-0.25, -0.2) is 31.6 Å². The normalized spacial score (nSPS) is 11.1. The van der Waals surface area contributed by atoms with Crippen LogP contribution in [0.5, 0.6) is 0 Å². The highest BCUT2D eigenvalue weighted by Gasteiger charge is 2.22. The van der Waals surface area contributed by atoms with Crippen molar-refractivity contribution in [3.63, 3.8) is 0 Å². The molecule has 15 nitrogen and oxygen atoms in total. The number of sulfonamides is 2. The summed E-state index contributed by atoms with van der Waals surface area (Å²) in [5, 5.41) is 25.2. The number of thiazole rings is 2. The lowest BCUT2D eigenvalue weighted by Gasteiger charge is -2.26. The molecular weight excluding hydrogens is 1120 g/mol. The fraction of sp³-hybridized carbons (Fsp3) is 0.259. The number of amides is 2. The van der Waals surface area contributed by atoms with E-state index in [0.717, 1.165) is 55.3 Å². The first-order valence-electron chi connectivity index (χ1n) is 24.9. The van der Waals surface area contributed by atoms with E-state index in [9.17, 15) is 26.7 Å². The number of carbonyl (C=O) groups is 1. The molecule has 0 radical (unpaired) electrons. The number of carbonyl (C=O) groups excluding carboxylic acids is 1. The quantitative estimate of drug-likeness (QED) is 0.0298. The topological polar surface area (TPSA) is 229 Å². The Morgan fingerprint density at radius 1 is 0.570 bits per heavy atom. The lowest BCUT2D eigenvalue weighted by atomic mass is 9.88. The first kappa shape index (κ1) is 63.4. The number of rotatable bonds is 23. The van der Waals surface area contributed by atoms with Crippen LogP contribution < -0.4 is 25.8 Å². The first-order valence-corrected chi connectivity index (χ1v) is 31.1. The van der Waals surface area contributed by atoms with Crippen LogP contribution in [0.1, 0.15) is 67.2 Å². The van der Waals surface area contributed by atoms with E-state index in [1.165, 1.54) is 33.6 Å². The van der Waals surface area contributed by atoms with Crippen LogP contribution in [0.15, 0.2) is 170 Å². The largest absolute Gasteiger partial charge is 0.396 e. The average molecular weight is 1190 g/mol. The Kier molecular flexibility index (Phi) is 25.7. The second kappa shape index (κ2) is 32.0. The summed E-state index contributed by atoms with van der Waals surface area (Å²) >= 11 is 14.8. The summed E-state index contributed by atoms with van der Waals surface area (Å²) in [6.07, 6.45) is 5.22. The van der Waals surface area contributed by atoms with E-state index >= 15 is 0 Å². The summed E-state index contributed by atoms with van der Waals surface area (Å²) in [5.74, 6) is 0.534. The Balaban J connectivity index is 0.000000245. The van der Waals surface area contributed by atoms with Gasteiger partial charge in [-0.3, -0.25) is 14.8 Å². The van der Waals surface area contributed by atoms with Crippen molar-refractivity contribution in [2.45, 2.75) is 44.9 Å². The highest BCUT2D eigenvalue weighted by atomic mass is 35.5. The molecule has 0 aliphatic carbocycles. The molecule has 0 unspecified atom stereocenters. The molecule has 8 N–H and O–H groups in total. The van der Waals surface area contributed by atoms with Gasteiger partial charge in [-0.2, -0.15) is 0 Å². The Hall–Kier alpha value is -6.39. The zero-order valence-electron chi connectivity index (χ0n) is 43.1. The maximum Gasteiger partial charge on any atom is 0.323 e. The Morgan fingerprint density at radius 2 is 0.975 bits per heavy atom. The molecule has 21 heteroatoms. The van der Waals surface area contributed by atoms with Gasteiger partial charge in [-0.15, -0.1) is 0 Å². The number of hydrogen-bond donors (Lipinski definition) is 7. The average Bonchev–Trinajstić information content (AvgIpc) is 3.98. The van der Waals surface area contributed by atoms with Crippen molar-refractivity contribution < 1.29 is 31.8 Å². The molecule has 0 saturated heterocycles. The predicted octanol–water partition coefficient (Wildman–Crippen LogP) is 12.5. The molecule has 2 heterocycles. The molecule has 420 valence electrons. The standard InChI is InChI=1S/C29H31ClN4O4S2.C18H23NO.C10H10ClN3O2S2.CH4/c1-40(37,38)33-24-15-13-23(14-16-24)26-27(30)39-28(31-26)32-29(36)34(18-8-20-35)19-17-25(21-9-4-2-5-10-21)22-11-6-3-7-12-22;20-15-7-13-19-14-12-18(16-8-3-1-4-9-16)17-10-5-2-6-11-17;1-18(15,16)14-7-4-2-6(3-5-7)8-9(11)17-10(12)13-8;/h2-7,9-16,25,33,35H,8,17-20H2,1H3,(H,31,32,36);1-6,8-11,18-20H,7,12-15H2;2-5,14H,1H3,(H2,12,13);1H4. The number of nitrogens with two attached hydrogens (primary N) is 1. The van der Waals surface area contributed by atoms with Gasteiger partial charge in [0.1, 0.15) is 20.1 Å². The number of aliphatic hydroxyl groups is 2. The molecule has 8 rings (SSSR count). The van der Waals surface area contributed by atoms with Crippen molar-refractivity contribution in [2.75, 3.05) is 72.4 Å². The fourth-order valence-electron chi connectivity index (χ4n) is 8.25. The minimum Gasteiger partial charge on any atom is -0.396 e. The number of urea groups is 1. The van der Waals surface area contributed by atoms with Gasteiger partial charge >= 0.3 is 6.03 Å². The molecule has 0 atom stereocenters. The van der Waals surface area contributed by atoms with E-state index in [0.29, 0.717) is 79.1 Å². The number of nitrogens with one attached hydrogen (secondary N) is 4. The molecule has 0 fully saturated rings. The first-order chi connectivity index (χ1) is 37.5. The van der Waals surface area contributed by atoms with Crippen LogP contribution >= 0.6 is 45.9 Å². The third-order valence-corrected chi connectivity index (χ3v) is 15.3. The van der Waals surface area contributed by atoms with Gasteiger partial charge in [0.15, 0.2) is 10.3 Å². The molecule has 0 bridgehead atoms. The summed E-state index contributed by atoms with van der Waals surface area (Å²) in [6, 6.07) is 54.8. The van der Waals surface area contributed by atoms with Crippen LogP contribution in [0.25, 0.3) is 22.5 Å². The molecule has 8 aromatic rings. The molecule has 2 aromatic heterocycles. The highest BCUT2D eigenvalue weighted by Crippen LogP contribution is 2.37. The number of halogens is 2. The van der Waals surface area contributed by atoms with Crippen LogP contribution in [0.3, 0.4) is 0 Å². The lowest BCUT2D eigenvalue weighted by molar-refractivity contribution is 0.200. The van der Waals surface area contributed by atoms with Gasteiger partial charge in [-0.05, 0) is 85.3 Å². The number of hydrogen-bond acceptors (Lipinski definition) is 13. The third-order valence-electron chi connectivity index (χ3n) is 11.8. The second-order valence-electron chi connectivity index (χ2n) is 17.9. The lowest BCUT2D eigenvalue weighted by Crippen LogP contribution is -2.37. The van der Waals surface area contributed by atoms with E-state index in [1.807, 2.05) is 36.4 Å². The number of nitrogens with zero attached hydrogens (tertiary/aromatic N) is 3. The monoisotopic (exact) mass is 1190 g/mol. The molecule has 0 aliphatic heterocycles. The number of aromatic nitrogens is 2. The summed E-state index contributed by atoms with van der Waals surface area (Å²) in [5.41, 5.74) is 14.1. The molecule has 0 saturated carbocycles. The second-order valence-corrected chi connectivity index (χ2v) is 24.6. The fourth-order valence-corrected chi connectivity index (χ4v) is 11.4. The molecule has 0 spiro atoms. The van der Waals surface area contributed by atoms with Crippen LogP contribution in [0.4, 0.5) is 26.4 Å². The molecule has 0 aliphatic rings. The minimum atomic E-state index is -3.39. The van der Waals surface area contributed by atoms with Gasteiger partial charge < -0.3 is 26.2 Å². The maximum absolute atomic E-state index is 13.3. The number of aliphatic hydroxyl groups excluding tert-OH is 2. The smallest absolute Gasteiger partial charge is 0.323 e. The molecule has 6 aromatic carbocycles. The SMILES string of the molecule is C.CS(=O)(=O)Nc1ccc(-c2nc(N)sc2Cl)cc1.CS(=O)(=O)Nc1ccc(-c2nc(NC(=O)N(CCCO)CCC(c3ccccc3)c3ccccc3)sc2Cl)cc1.OCCCNCCC(c1ccccc1)c1ccccc1. The van der Waals surface area contributed by atoms with Crippen LogP contribution in [0, 0.1) is 0 Å². The Labute approximate surface area is 483 Å². The summed E-state index contributed by atoms with van der Waals surface area (Å²) in [6.45, 7) is 2.94. The number of benzene rings is 6. The third kappa shape index (κ3) is 21.3. The van der Waals surface area contributed by atoms with E-state index in [-0.39, 0.29) is 32.6 Å². The van der Waals surface area contributed by atoms with Gasteiger partial charge in [0.25, 0.3) is 0 Å². The molecule has 79 heavy (non-hydrogen) atoms. The Morgan fingerprint density at radius 3 is 1.37 bits per heavy atom. The molecular formula is C58H68Cl2N8O7S4.